The standard InChI is InChI=1S/C11H13N3O3S/c1-2-7-9(15)13-11(17)14(10(7)16)5-3-8-12-4-6-18-8/h4,6,16H,2-3,5H2,1H3,(H,13,15,17). The van der Waals surface area contributed by atoms with E-state index in [4.69, 9.17) is 0 Å². The molecule has 96 valence electrons. The van der Waals surface area contributed by atoms with Gasteiger partial charge < -0.3 is 5.11 Å². The predicted molar refractivity (Wildman–Crippen MR) is 68.2 cm³/mol. The number of hydrogen-bond donors (Lipinski definition) is 2. The van der Waals surface area contributed by atoms with Crippen LogP contribution in [0.1, 0.15) is 17.5 Å². The molecule has 0 bridgehead atoms. The lowest BCUT2D eigenvalue weighted by Crippen LogP contribution is -2.32. The van der Waals surface area contributed by atoms with E-state index in [9.17, 15) is 14.7 Å². The largest absolute Gasteiger partial charge is 0.494 e. The number of rotatable bonds is 4. The van der Waals surface area contributed by atoms with E-state index < -0.39 is 11.2 Å². The van der Waals surface area contributed by atoms with E-state index in [1.807, 2.05) is 5.38 Å². The second kappa shape index (κ2) is 5.18. The van der Waals surface area contributed by atoms with Crippen LogP contribution in [-0.2, 0) is 19.4 Å². The van der Waals surface area contributed by atoms with Crippen LogP contribution in [0.25, 0.3) is 0 Å². The van der Waals surface area contributed by atoms with Gasteiger partial charge in [-0.05, 0) is 6.42 Å². The first-order valence-electron chi connectivity index (χ1n) is 5.56. The van der Waals surface area contributed by atoms with Crippen molar-refractivity contribution < 1.29 is 5.11 Å². The molecule has 0 radical (unpaired) electrons. The third-order valence-electron chi connectivity index (χ3n) is 2.65. The first-order valence-corrected chi connectivity index (χ1v) is 6.44. The summed E-state index contributed by atoms with van der Waals surface area (Å²) in [4.78, 5) is 29.4. The molecule has 2 N–H and O–H groups in total. The zero-order chi connectivity index (χ0) is 13.1. The van der Waals surface area contributed by atoms with E-state index in [0.29, 0.717) is 19.4 Å². The van der Waals surface area contributed by atoms with Gasteiger partial charge in [0.2, 0.25) is 5.88 Å². The number of nitrogens with zero attached hydrogens (tertiary/aromatic N) is 2. The minimum atomic E-state index is -0.591. The average molecular weight is 267 g/mol. The minimum absolute atomic E-state index is 0.230. The maximum atomic E-state index is 11.6. The van der Waals surface area contributed by atoms with Crippen molar-refractivity contribution >= 4 is 11.3 Å². The highest BCUT2D eigenvalue weighted by molar-refractivity contribution is 7.09. The zero-order valence-electron chi connectivity index (χ0n) is 9.84. The van der Waals surface area contributed by atoms with Crippen LogP contribution in [0, 0.1) is 0 Å². The van der Waals surface area contributed by atoms with Crippen LogP contribution in [0.15, 0.2) is 21.2 Å². The van der Waals surface area contributed by atoms with Crippen LogP contribution in [-0.4, -0.2) is 19.6 Å². The fraction of sp³-hybridized carbons (Fsp3) is 0.364. The summed E-state index contributed by atoms with van der Waals surface area (Å²) in [7, 11) is 0. The fourth-order valence-corrected chi connectivity index (χ4v) is 2.32. The number of nitrogens with one attached hydrogen (secondary N) is 1. The lowest BCUT2D eigenvalue weighted by atomic mass is 10.2. The summed E-state index contributed by atoms with van der Waals surface area (Å²) >= 11 is 1.49. The molecule has 0 fully saturated rings. The van der Waals surface area contributed by atoms with Crippen molar-refractivity contribution in [1.82, 2.24) is 14.5 Å². The number of aromatic hydroxyl groups is 1. The molecule has 0 aliphatic heterocycles. The lowest BCUT2D eigenvalue weighted by molar-refractivity contribution is 0.393. The fourth-order valence-electron chi connectivity index (χ4n) is 1.71. The highest BCUT2D eigenvalue weighted by Gasteiger charge is 2.12. The molecule has 0 aromatic carbocycles. The molecule has 2 rings (SSSR count). The van der Waals surface area contributed by atoms with Crippen molar-refractivity contribution in [2.24, 2.45) is 0 Å². The first-order chi connectivity index (χ1) is 8.63. The van der Waals surface area contributed by atoms with Gasteiger partial charge in [-0.3, -0.25) is 14.3 Å². The second-order valence-electron chi connectivity index (χ2n) is 3.74. The van der Waals surface area contributed by atoms with Gasteiger partial charge in [0.15, 0.2) is 0 Å². The summed E-state index contributed by atoms with van der Waals surface area (Å²) in [6.45, 7) is 2.04. The lowest BCUT2D eigenvalue weighted by Gasteiger charge is -2.09. The van der Waals surface area contributed by atoms with Gasteiger partial charge in [-0.2, -0.15) is 0 Å². The van der Waals surface area contributed by atoms with Gasteiger partial charge in [-0.15, -0.1) is 11.3 Å². The molecule has 0 aliphatic carbocycles. The van der Waals surface area contributed by atoms with Gasteiger partial charge in [-0.1, -0.05) is 6.92 Å². The van der Waals surface area contributed by atoms with Crippen LogP contribution < -0.4 is 11.2 Å². The first kappa shape index (κ1) is 12.6. The van der Waals surface area contributed by atoms with Crippen molar-refractivity contribution in [3.8, 4) is 5.88 Å². The Labute approximate surface area is 107 Å². The van der Waals surface area contributed by atoms with E-state index in [-0.39, 0.29) is 11.4 Å². The van der Waals surface area contributed by atoms with Crippen molar-refractivity contribution in [3.63, 3.8) is 0 Å². The van der Waals surface area contributed by atoms with E-state index in [1.54, 1.807) is 13.1 Å². The van der Waals surface area contributed by atoms with Crippen LogP contribution in [0.5, 0.6) is 5.88 Å². The van der Waals surface area contributed by atoms with E-state index >= 15 is 0 Å². The molecule has 18 heavy (non-hydrogen) atoms. The quantitative estimate of drug-likeness (QED) is 0.844. The number of aromatic amines is 1. The summed E-state index contributed by atoms with van der Waals surface area (Å²) < 4.78 is 1.17. The molecule has 0 saturated heterocycles. The van der Waals surface area contributed by atoms with Crippen molar-refractivity contribution in [2.75, 3.05) is 0 Å². The van der Waals surface area contributed by atoms with Gasteiger partial charge in [0.1, 0.15) is 0 Å². The third kappa shape index (κ3) is 2.35. The molecular formula is C11H13N3O3S. The number of H-pyrrole nitrogens is 1. The molecule has 0 spiro atoms. The maximum Gasteiger partial charge on any atom is 0.331 e. The smallest absolute Gasteiger partial charge is 0.331 e. The van der Waals surface area contributed by atoms with Crippen molar-refractivity contribution in [3.05, 3.63) is 43.0 Å². The van der Waals surface area contributed by atoms with Gasteiger partial charge in [0.25, 0.3) is 5.56 Å². The summed E-state index contributed by atoms with van der Waals surface area (Å²) in [5.74, 6) is -0.247. The second-order valence-corrected chi connectivity index (χ2v) is 4.72. The normalized spacial score (nSPS) is 10.7. The van der Waals surface area contributed by atoms with E-state index in [1.165, 1.54) is 15.9 Å². The molecule has 6 nitrogen and oxygen atoms in total. The van der Waals surface area contributed by atoms with E-state index in [2.05, 4.69) is 9.97 Å². The molecule has 0 amide bonds. The molecule has 7 heteroatoms. The van der Waals surface area contributed by atoms with Crippen LogP contribution in [0.4, 0.5) is 0 Å². The topological polar surface area (TPSA) is 88.0 Å². The summed E-state index contributed by atoms with van der Waals surface area (Å²) in [6, 6.07) is 0. The van der Waals surface area contributed by atoms with Crippen LogP contribution in [0.2, 0.25) is 0 Å². The van der Waals surface area contributed by atoms with Crippen molar-refractivity contribution in [2.45, 2.75) is 26.3 Å². The number of thiazole rings is 1. The van der Waals surface area contributed by atoms with Crippen LogP contribution >= 0.6 is 11.3 Å². The highest BCUT2D eigenvalue weighted by atomic mass is 32.1. The Morgan fingerprint density at radius 2 is 2.28 bits per heavy atom. The zero-order valence-corrected chi connectivity index (χ0v) is 10.7. The maximum absolute atomic E-state index is 11.6. The average Bonchev–Trinajstić information content (AvgIpc) is 2.81. The molecule has 2 heterocycles. The SMILES string of the molecule is CCc1c(O)n(CCc2nccs2)c(=O)[nH]c1=O. The Morgan fingerprint density at radius 1 is 1.50 bits per heavy atom. The molecular weight excluding hydrogens is 254 g/mol. The molecule has 0 atom stereocenters. The number of aryl methyl sites for hydroxylation is 1. The number of aromatic nitrogens is 3. The number of hydrogen-bond acceptors (Lipinski definition) is 5. The Hall–Kier alpha value is -1.89. The van der Waals surface area contributed by atoms with Gasteiger partial charge >= 0.3 is 5.69 Å². The Bertz CT molecular complexity index is 643. The Morgan fingerprint density at radius 3 is 2.89 bits per heavy atom. The Balaban J connectivity index is 2.33. The minimum Gasteiger partial charge on any atom is -0.494 e. The van der Waals surface area contributed by atoms with Gasteiger partial charge in [-0.25, -0.2) is 9.78 Å². The van der Waals surface area contributed by atoms with Gasteiger partial charge in [0.05, 0.1) is 10.6 Å². The summed E-state index contributed by atoms with van der Waals surface area (Å²) in [5.41, 5.74) is -0.884. The molecule has 2 aromatic heterocycles. The summed E-state index contributed by atoms with van der Waals surface area (Å²) in [5, 5.41) is 12.6. The molecule has 2 aromatic rings. The Kier molecular flexibility index (Phi) is 3.61. The van der Waals surface area contributed by atoms with Crippen molar-refractivity contribution in [1.29, 1.82) is 0 Å². The molecule has 0 unspecified atom stereocenters. The van der Waals surface area contributed by atoms with Gasteiger partial charge in [0, 0.05) is 24.5 Å². The van der Waals surface area contributed by atoms with E-state index in [0.717, 1.165) is 5.01 Å². The van der Waals surface area contributed by atoms with Crippen LogP contribution in [0.3, 0.4) is 0 Å². The molecule has 0 aliphatic rings. The molecule has 0 saturated carbocycles. The third-order valence-corrected chi connectivity index (χ3v) is 3.49. The predicted octanol–water partition coefficient (Wildman–Crippen LogP) is 0.504. The summed E-state index contributed by atoms with van der Waals surface area (Å²) in [6.07, 6.45) is 2.60. The highest BCUT2D eigenvalue weighted by Crippen LogP contribution is 2.12. The monoisotopic (exact) mass is 267 g/mol.